The lowest BCUT2D eigenvalue weighted by molar-refractivity contribution is 0.318. The van der Waals surface area contributed by atoms with E-state index in [1.165, 1.54) is 0 Å². The van der Waals surface area contributed by atoms with Gasteiger partial charge in [0.1, 0.15) is 0 Å². The highest BCUT2D eigenvalue weighted by Gasteiger charge is 2.14. The first-order valence-corrected chi connectivity index (χ1v) is 8.47. The van der Waals surface area contributed by atoms with Crippen LogP contribution in [0.2, 0.25) is 0 Å². The number of rotatable bonds is 6. The minimum absolute atomic E-state index is 0.0417. The third kappa shape index (κ3) is 5.01. The van der Waals surface area contributed by atoms with Gasteiger partial charge in [0.05, 0.1) is 11.4 Å². The fraction of sp³-hybridized carbons (Fsp3) is 0.417. The SMILES string of the molecule is CC(C)CCS(=O)(=O)Nc1ccc(/C(N)=N/O)cc1Br. The molecule has 0 unspecified atom stereocenters. The van der Waals surface area contributed by atoms with Gasteiger partial charge < -0.3 is 10.9 Å². The van der Waals surface area contributed by atoms with Crippen LogP contribution in [0.1, 0.15) is 25.8 Å². The van der Waals surface area contributed by atoms with Crippen LogP contribution in [0.5, 0.6) is 0 Å². The molecule has 6 nitrogen and oxygen atoms in total. The van der Waals surface area contributed by atoms with Crippen LogP contribution in [0.15, 0.2) is 27.8 Å². The summed E-state index contributed by atoms with van der Waals surface area (Å²) in [6, 6.07) is 4.71. The maximum atomic E-state index is 11.9. The van der Waals surface area contributed by atoms with Gasteiger partial charge in [0.25, 0.3) is 0 Å². The molecule has 0 heterocycles. The summed E-state index contributed by atoms with van der Waals surface area (Å²) in [5.74, 6) is 0.344. The molecule has 1 aromatic rings. The Hall–Kier alpha value is -1.28. The fourth-order valence-corrected chi connectivity index (χ4v) is 3.43. The van der Waals surface area contributed by atoms with Crippen molar-refractivity contribution < 1.29 is 13.6 Å². The summed E-state index contributed by atoms with van der Waals surface area (Å²) in [5.41, 5.74) is 6.37. The number of nitrogens with zero attached hydrogens (tertiary/aromatic N) is 1. The van der Waals surface area contributed by atoms with E-state index in [9.17, 15) is 8.42 Å². The number of hydrogen-bond donors (Lipinski definition) is 3. The molecule has 8 heteroatoms. The number of halogens is 1. The van der Waals surface area contributed by atoms with E-state index in [0.717, 1.165) is 0 Å². The van der Waals surface area contributed by atoms with Crippen molar-refractivity contribution >= 4 is 37.5 Å². The largest absolute Gasteiger partial charge is 0.409 e. The van der Waals surface area contributed by atoms with E-state index >= 15 is 0 Å². The molecule has 0 saturated carbocycles. The second-order valence-electron chi connectivity index (χ2n) is 4.78. The van der Waals surface area contributed by atoms with Crippen molar-refractivity contribution in [3.63, 3.8) is 0 Å². The van der Waals surface area contributed by atoms with Crippen molar-refractivity contribution in [2.24, 2.45) is 16.8 Å². The van der Waals surface area contributed by atoms with Crippen molar-refractivity contribution in [3.8, 4) is 0 Å². The molecule has 1 aromatic carbocycles. The van der Waals surface area contributed by atoms with Gasteiger partial charge in [-0.2, -0.15) is 0 Å². The quantitative estimate of drug-likeness (QED) is 0.312. The molecular formula is C12H18BrN3O3S. The van der Waals surface area contributed by atoms with E-state index in [0.29, 0.717) is 28.1 Å². The van der Waals surface area contributed by atoms with Crippen molar-refractivity contribution in [2.75, 3.05) is 10.5 Å². The Bertz CT molecular complexity index is 600. The first kappa shape index (κ1) is 16.8. The maximum Gasteiger partial charge on any atom is 0.232 e. The van der Waals surface area contributed by atoms with Gasteiger partial charge in [0.15, 0.2) is 5.84 Å². The van der Waals surface area contributed by atoms with Crippen LogP contribution in [-0.4, -0.2) is 25.2 Å². The number of nitrogens with one attached hydrogen (secondary N) is 1. The molecular weight excluding hydrogens is 346 g/mol. The third-order valence-corrected chi connectivity index (χ3v) is 4.56. The number of sulfonamides is 1. The summed E-state index contributed by atoms with van der Waals surface area (Å²) in [5, 5.41) is 11.5. The zero-order valence-corrected chi connectivity index (χ0v) is 13.7. The third-order valence-electron chi connectivity index (χ3n) is 2.60. The summed E-state index contributed by atoms with van der Waals surface area (Å²) in [6.07, 6.45) is 0.592. The molecule has 0 aromatic heterocycles. The summed E-state index contributed by atoms with van der Waals surface area (Å²) in [4.78, 5) is 0. The van der Waals surface area contributed by atoms with E-state index in [2.05, 4.69) is 25.8 Å². The maximum absolute atomic E-state index is 11.9. The number of amidine groups is 1. The van der Waals surface area contributed by atoms with Crippen LogP contribution in [-0.2, 0) is 10.0 Å². The van der Waals surface area contributed by atoms with Gasteiger partial charge in [-0.3, -0.25) is 4.72 Å². The first-order chi connectivity index (χ1) is 9.25. The Morgan fingerprint density at radius 2 is 2.15 bits per heavy atom. The van der Waals surface area contributed by atoms with Crippen LogP contribution in [0.4, 0.5) is 5.69 Å². The minimum Gasteiger partial charge on any atom is -0.409 e. The second-order valence-corrected chi connectivity index (χ2v) is 7.48. The molecule has 0 aliphatic heterocycles. The highest BCUT2D eigenvalue weighted by atomic mass is 79.9. The van der Waals surface area contributed by atoms with E-state index in [1.54, 1.807) is 18.2 Å². The molecule has 112 valence electrons. The van der Waals surface area contributed by atoms with E-state index in [1.807, 2.05) is 13.8 Å². The number of hydrogen-bond acceptors (Lipinski definition) is 4. The van der Waals surface area contributed by atoms with Gasteiger partial charge in [-0.1, -0.05) is 19.0 Å². The normalized spacial score (nSPS) is 12.7. The summed E-state index contributed by atoms with van der Waals surface area (Å²) < 4.78 is 26.9. The van der Waals surface area contributed by atoms with Gasteiger partial charge in [-0.15, -0.1) is 0 Å². The molecule has 0 aliphatic rings. The number of nitrogens with two attached hydrogens (primary N) is 1. The van der Waals surface area contributed by atoms with Gasteiger partial charge in [-0.25, -0.2) is 8.42 Å². The number of benzene rings is 1. The molecule has 0 atom stereocenters. The highest BCUT2D eigenvalue weighted by molar-refractivity contribution is 9.10. The lowest BCUT2D eigenvalue weighted by atomic mass is 10.2. The average molecular weight is 364 g/mol. The van der Waals surface area contributed by atoms with Crippen LogP contribution >= 0.6 is 15.9 Å². The molecule has 20 heavy (non-hydrogen) atoms. The highest BCUT2D eigenvalue weighted by Crippen LogP contribution is 2.25. The molecule has 0 radical (unpaired) electrons. The smallest absolute Gasteiger partial charge is 0.232 e. The molecule has 0 bridgehead atoms. The number of oxime groups is 1. The molecule has 0 saturated heterocycles. The van der Waals surface area contributed by atoms with Crippen molar-refractivity contribution in [1.29, 1.82) is 0 Å². The summed E-state index contributed by atoms with van der Waals surface area (Å²) >= 11 is 3.26. The zero-order chi connectivity index (χ0) is 15.3. The Morgan fingerprint density at radius 1 is 1.50 bits per heavy atom. The average Bonchev–Trinajstić information content (AvgIpc) is 2.38. The first-order valence-electron chi connectivity index (χ1n) is 6.03. The van der Waals surface area contributed by atoms with Crippen LogP contribution in [0, 0.1) is 5.92 Å². The van der Waals surface area contributed by atoms with Gasteiger partial charge in [0, 0.05) is 10.0 Å². The summed E-state index contributed by atoms with van der Waals surface area (Å²) in [6.45, 7) is 3.94. The van der Waals surface area contributed by atoms with Crippen molar-refractivity contribution in [3.05, 3.63) is 28.2 Å². The predicted molar refractivity (Wildman–Crippen MR) is 83.5 cm³/mol. The van der Waals surface area contributed by atoms with Crippen molar-refractivity contribution in [2.45, 2.75) is 20.3 Å². The standard InChI is InChI=1S/C12H18BrN3O3S/c1-8(2)5-6-20(18,19)16-11-4-3-9(7-10(11)13)12(14)15-17/h3-4,7-8,16-17H,5-6H2,1-2H3,(H2,14,15). The fourth-order valence-electron chi connectivity index (χ4n) is 1.42. The summed E-state index contributed by atoms with van der Waals surface area (Å²) in [7, 11) is -3.38. The molecule has 0 amide bonds. The second kappa shape index (κ2) is 6.94. The number of anilines is 1. The Morgan fingerprint density at radius 3 is 2.65 bits per heavy atom. The molecule has 0 aliphatic carbocycles. The van der Waals surface area contributed by atoms with E-state index in [-0.39, 0.29) is 11.6 Å². The lowest BCUT2D eigenvalue weighted by Gasteiger charge is -2.11. The topological polar surface area (TPSA) is 105 Å². The molecule has 0 fully saturated rings. The van der Waals surface area contributed by atoms with E-state index in [4.69, 9.17) is 10.9 Å². The predicted octanol–water partition coefficient (Wildman–Crippen LogP) is 2.33. The van der Waals surface area contributed by atoms with E-state index < -0.39 is 10.0 Å². The van der Waals surface area contributed by atoms with Crippen LogP contribution in [0.25, 0.3) is 0 Å². The Kier molecular flexibility index (Phi) is 5.82. The van der Waals surface area contributed by atoms with Gasteiger partial charge in [-0.05, 0) is 46.5 Å². The van der Waals surface area contributed by atoms with Gasteiger partial charge in [0.2, 0.25) is 10.0 Å². The van der Waals surface area contributed by atoms with Crippen LogP contribution < -0.4 is 10.5 Å². The minimum atomic E-state index is -3.38. The molecule has 0 spiro atoms. The Labute approximate surface area is 127 Å². The van der Waals surface area contributed by atoms with Gasteiger partial charge >= 0.3 is 0 Å². The van der Waals surface area contributed by atoms with Crippen LogP contribution in [0.3, 0.4) is 0 Å². The Balaban J connectivity index is 2.89. The molecule has 1 rings (SSSR count). The van der Waals surface area contributed by atoms with Crippen molar-refractivity contribution in [1.82, 2.24) is 0 Å². The molecule has 4 N–H and O–H groups in total. The zero-order valence-electron chi connectivity index (χ0n) is 11.3. The lowest BCUT2D eigenvalue weighted by Crippen LogP contribution is -2.18. The monoisotopic (exact) mass is 363 g/mol.